The molecule has 1 heterocycles. The molecule has 7 heteroatoms. The van der Waals surface area contributed by atoms with Gasteiger partial charge in [0.25, 0.3) is 11.5 Å². The molecule has 1 aromatic heterocycles. The number of hydrogen-bond acceptors (Lipinski definition) is 5. The maximum absolute atomic E-state index is 13.1. The molecule has 27 heavy (non-hydrogen) atoms. The number of carbonyl (C=O) groups is 2. The van der Waals surface area contributed by atoms with Crippen molar-refractivity contribution in [1.82, 2.24) is 4.57 Å². The van der Waals surface area contributed by atoms with Gasteiger partial charge >= 0.3 is 5.97 Å². The van der Waals surface area contributed by atoms with E-state index in [4.69, 9.17) is 10.5 Å². The first kappa shape index (κ1) is 20.2. The monoisotopic (exact) mass is 372 g/mol. The molecule has 3 N–H and O–H groups in total. The Morgan fingerprint density at radius 1 is 1.11 bits per heavy atom. The summed E-state index contributed by atoms with van der Waals surface area (Å²) in [4.78, 5) is 37.4. The van der Waals surface area contributed by atoms with Gasteiger partial charge in [-0.2, -0.15) is 0 Å². The van der Waals surface area contributed by atoms with E-state index in [9.17, 15) is 19.5 Å². The van der Waals surface area contributed by atoms with Crippen molar-refractivity contribution in [2.45, 2.75) is 40.5 Å². The Morgan fingerprint density at radius 3 is 2.11 bits per heavy atom. The summed E-state index contributed by atoms with van der Waals surface area (Å²) in [6, 6.07) is 5.64. The predicted molar refractivity (Wildman–Crippen MR) is 102 cm³/mol. The highest BCUT2D eigenvalue weighted by Crippen LogP contribution is 2.29. The van der Waals surface area contributed by atoms with Crippen LogP contribution >= 0.6 is 0 Å². The van der Waals surface area contributed by atoms with Gasteiger partial charge in [0.15, 0.2) is 0 Å². The quantitative estimate of drug-likeness (QED) is 0.756. The molecule has 2 aromatic rings. The first-order valence-corrected chi connectivity index (χ1v) is 8.86. The van der Waals surface area contributed by atoms with Crippen molar-refractivity contribution in [1.29, 1.82) is 0 Å². The van der Waals surface area contributed by atoms with E-state index in [1.165, 1.54) is 11.5 Å². The van der Waals surface area contributed by atoms with Crippen LogP contribution in [0.5, 0.6) is 5.75 Å². The third kappa shape index (κ3) is 3.45. The lowest BCUT2D eigenvalue weighted by Crippen LogP contribution is -2.33. The van der Waals surface area contributed by atoms with E-state index in [0.717, 1.165) is 11.1 Å². The molecule has 0 saturated carbocycles. The number of ether oxygens (including phenoxy) is 1. The molecular weight excluding hydrogens is 348 g/mol. The summed E-state index contributed by atoms with van der Waals surface area (Å²) in [7, 11) is 0. The lowest BCUT2D eigenvalue weighted by atomic mass is 10.0. The minimum absolute atomic E-state index is 0.0779. The number of aromatic nitrogens is 1. The van der Waals surface area contributed by atoms with Gasteiger partial charge in [-0.05, 0) is 37.8 Å². The van der Waals surface area contributed by atoms with Crippen LogP contribution in [0.2, 0.25) is 0 Å². The molecule has 0 aliphatic heterocycles. The Morgan fingerprint density at radius 2 is 1.67 bits per heavy atom. The summed E-state index contributed by atoms with van der Waals surface area (Å²) < 4.78 is 6.28. The van der Waals surface area contributed by atoms with Gasteiger partial charge in [-0.25, -0.2) is 4.79 Å². The molecule has 0 radical (unpaired) electrons. The van der Waals surface area contributed by atoms with Gasteiger partial charge in [0, 0.05) is 5.69 Å². The fourth-order valence-corrected chi connectivity index (χ4v) is 3.21. The Labute approximate surface area is 157 Å². The van der Waals surface area contributed by atoms with Gasteiger partial charge < -0.3 is 15.6 Å². The number of pyridine rings is 1. The first-order chi connectivity index (χ1) is 12.8. The average molecular weight is 372 g/mol. The first-order valence-electron chi connectivity index (χ1n) is 8.86. The summed E-state index contributed by atoms with van der Waals surface area (Å²) in [5, 5.41) is 10.4. The maximum atomic E-state index is 13.1. The van der Waals surface area contributed by atoms with Crippen molar-refractivity contribution in [3.63, 3.8) is 0 Å². The Bertz CT molecular complexity index is 938. The summed E-state index contributed by atoms with van der Waals surface area (Å²) in [5.74, 6) is -2.67. The van der Waals surface area contributed by atoms with Crippen LogP contribution in [0.25, 0.3) is 5.69 Å². The highest BCUT2D eigenvalue weighted by Gasteiger charge is 2.29. The lowest BCUT2D eigenvalue weighted by Gasteiger charge is -2.21. The van der Waals surface area contributed by atoms with E-state index in [-0.39, 0.29) is 17.9 Å². The van der Waals surface area contributed by atoms with Crippen molar-refractivity contribution in [3.8, 4) is 11.4 Å². The average Bonchev–Trinajstić information content (AvgIpc) is 2.61. The van der Waals surface area contributed by atoms with Gasteiger partial charge in [0.1, 0.15) is 16.9 Å². The van der Waals surface area contributed by atoms with Crippen LogP contribution in [-0.2, 0) is 17.6 Å². The highest BCUT2D eigenvalue weighted by molar-refractivity contribution is 6.02. The molecule has 0 spiro atoms. The normalized spacial score (nSPS) is 10.7. The van der Waals surface area contributed by atoms with Crippen molar-refractivity contribution in [3.05, 3.63) is 56.5 Å². The third-order valence-corrected chi connectivity index (χ3v) is 4.50. The summed E-state index contributed by atoms with van der Waals surface area (Å²) >= 11 is 0. The van der Waals surface area contributed by atoms with Gasteiger partial charge in [-0.1, -0.05) is 32.0 Å². The van der Waals surface area contributed by atoms with E-state index in [2.05, 4.69) is 0 Å². The molecule has 0 saturated heterocycles. The number of rotatable bonds is 6. The predicted octanol–water partition coefficient (Wildman–Crippen LogP) is 2.25. The minimum atomic E-state index is -1.11. The van der Waals surface area contributed by atoms with E-state index < -0.39 is 28.7 Å². The fourth-order valence-electron chi connectivity index (χ4n) is 3.21. The number of para-hydroxylation sites is 1. The number of aromatic hydroxyl groups is 1. The molecule has 0 bridgehead atoms. The van der Waals surface area contributed by atoms with E-state index in [0.29, 0.717) is 18.5 Å². The number of hydrogen-bond donors (Lipinski definition) is 2. The standard InChI is InChI=1S/C20H24N2O5/c1-5-12-9-8-10-13(6-2)16(12)22-11(4)14(20(26)27-7-3)17(23)15(18(21)24)19(22)25/h8-10,23H,5-7H2,1-4H3,(H2,21,24). The maximum Gasteiger partial charge on any atom is 0.343 e. The summed E-state index contributed by atoms with van der Waals surface area (Å²) in [6.45, 7) is 7.12. The topological polar surface area (TPSA) is 112 Å². The van der Waals surface area contributed by atoms with Crippen LogP contribution in [0, 0.1) is 6.92 Å². The van der Waals surface area contributed by atoms with Crippen LogP contribution in [0.15, 0.2) is 23.0 Å². The van der Waals surface area contributed by atoms with E-state index in [1.807, 2.05) is 32.0 Å². The number of amides is 1. The van der Waals surface area contributed by atoms with Crippen LogP contribution < -0.4 is 11.3 Å². The van der Waals surface area contributed by atoms with Crippen molar-refractivity contribution >= 4 is 11.9 Å². The molecule has 0 aliphatic carbocycles. The summed E-state index contributed by atoms with van der Waals surface area (Å²) in [6.07, 6.45) is 1.27. The Balaban J connectivity index is 3.05. The molecule has 2 rings (SSSR count). The Hall–Kier alpha value is -3.09. The second-order valence-corrected chi connectivity index (χ2v) is 6.04. The lowest BCUT2D eigenvalue weighted by molar-refractivity contribution is 0.0521. The second-order valence-electron chi connectivity index (χ2n) is 6.04. The number of nitrogens with two attached hydrogens (primary N) is 1. The number of benzene rings is 1. The molecule has 0 fully saturated rings. The number of aryl methyl sites for hydroxylation is 2. The number of primary amides is 1. The zero-order chi connectivity index (χ0) is 20.3. The zero-order valence-electron chi connectivity index (χ0n) is 16.0. The smallest absolute Gasteiger partial charge is 0.343 e. The number of nitrogens with zero attached hydrogens (tertiary/aromatic N) is 1. The largest absolute Gasteiger partial charge is 0.506 e. The van der Waals surface area contributed by atoms with Crippen molar-refractivity contribution in [2.24, 2.45) is 5.73 Å². The van der Waals surface area contributed by atoms with Gasteiger partial charge in [0.2, 0.25) is 0 Å². The molecule has 1 aromatic carbocycles. The highest BCUT2D eigenvalue weighted by atomic mass is 16.5. The van der Waals surface area contributed by atoms with Crippen LogP contribution in [0.3, 0.4) is 0 Å². The van der Waals surface area contributed by atoms with Crippen LogP contribution in [0.1, 0.15) is 58.3 Å². The number of esters is 1. The molecule has 1 amide bonds. The van der Waals surface area contributed by atoms with E-state index >= 15 is 0 Å². The van der Waals surface area contributed by atoms with Crippen molar-refractivity contribution in [2.75, 3.05) is 6.61 Å². The van der Waals surface area contributed by atoms with Gasteiger partial charge in [-0.3, -0.25) is 14.2 Å². The molecule has 0 atom stereocenters. The van der Waals surface area contributed by atoms with Gasteiger partial charge in [-0.15, -0.1) is 0 Å². The van der Waals surface area contributed by atoms with Gasteiger partial charge in [0.05, 0.1) is 12.3 Å². The van der Waals surface area contributed by atoms with Crippen LogP contribution in [0.4, 0.5) is 0 Å². The third-order valence-electron chi connectivity index (χ3n) is 4.50. The Kier molecular flexibility index (Phi) is 6.05. The molecule has 0 unspecified atom stereocenters. The summed E-state index contributed by atoms with van der Waals surface area (Å²) in [5.41, 5.74) is 6.23. The van der Waals surface area contributed by atoms with Crippen molar-refractivity contribution < 1.29 is 19.4 Å². The molecule has 144 valence electrons. The molecule has 0 aliphatic rings. The molecule has 7 nitrogen and oxygen atoms in total. The SMILES string of the molecule is CCOC(=O)c1c(O)c(C(N)=O)c(=O)n(-c2c(CC)cccc2CC)c1C. The number of carbonyl (C=O) groups excluding carboxylic acids is 2. The van der Waals surface area contributed by atoms with Crippen LogP contribution in [-0.4, -0.2) is 28.2 Å². The second kappa shape index (κ2) is 8.07. The minimum Gasteiger partial charge on any atom is -0.506 e. The molecular formula is C20H24N2O5. The zero-order valence-corrected chi connectivity index (χ0v) is 16.0. The fraction of sp³-hybridized carbons (Fsp3) is 0.350. The van der Waals surface area contributed by atoms with E-state index in [1.54, 1.807) is 6.92 Å².